The molecule has 2 aromatic carbocycles. The van der Waals surface area contributed by atoms with Crippen LogP contribution in [0.3, 0.4) is 0 Å². The molecule has 31 heavy (non-hydrogen) atoms. The SMILES string of the molecule is Cc1c(C(C)NC(=O)NCCCC(=O)N2Cc3ccccc3C2)oc2ccc(F)cc12. The van der Waals surface area contributed by atoms with Crippen molar-refractivity contribution in [2.75, 3.05) is 6.54 Å². The molecule has 4 rings (SSSR count). The van der Waals surface area contributed by atoms with Gasteiger partial charge in [0.25, 0.3) is 0 Å². The number of urea groups is 1. The average Bonchev–Trinajstić information content (AvgIpc) is 3.32. The molecule has 0 aliphatic carbocycles. The lowest BCUT2D eigenvalue weighted by Crippen LogP contribution is -2.38. The molecule has 7 heteroatoms. The summed E-state index contributed by atoms with van der Waals surface area (Å²) in [6, 6.07) is 11.7. The third-order valence-electron chi connectivity index (χ3n) is 5.72. The third kappa shape index (κ3) is 4.55. The van der Waals surface area contributed by atoms with Gasteiger partial charge in [-0.1, -0.05) is 24.3 Å². The number of carbonyl (C=O) groups excluding carboxylic acids is 2. The maximum atomic E-state index is 13.5. The monoisotopic (exact) mass is 423 g/mol. The molecule has 1 aromatic heterocycles. The Hall–Kier alpha value is -3.35. The fourth-order valence-electron chi connectivity index (χ4n) is 4.05. The van der Waals surface area contributed by atoms with Crippen molar-refractivity contribution in [1.82, 2.24) is 15.5 Å². The van der Waals surface area contributed by atoms with Crippen LogP contribution < -0.4 is 10.6 Å². The van der Waals surface area contributed by atoms with Crippen LogP contribution >= 0.6 is 0 Å². The maximum Gasteiger partial charge on any atom is 0.315 e. The van der Waals surface area contributed by atoms with E-state index in [9.17, 15) is 14.0 Å². The number of nitrogens with zero attached hydrogens (tertiary/aromatic N) is 1. The van der Waals surface area contributed by atoms with Crippen LogP contribution in [0.15, 0.2) is 46.9 Å². The van der Waals surface area contributed by atoms with Crippen molar-refractivity contribution in [2.24, 2.45) is 0 Å². The van der Waals surface area contributed by atoms with Gasteiger partial charge < -0.3 is 20.0 Å². The standard InChI is InChI=1S/C24H26FN3O3/c1-15-20-12-19(25)9-10-21(20)31-23(15)16(2)27-24(30)26-11-5-8-22(29)28-13-17-6-3-4-7-18(17)14-28/h3-4,6-7,9-10,12,16H,5,8,11,13-14H2,1-2H3,(H2,26,27,30). The summed E-state index contributed by atoms with van der Waals surface area (Å²) in [7, 11) is 0. The van der Waals surface area contributed by atoms with Gasteiger partial charge in [-0.15, -0.1) is 0 Å². The van der Waals surface area contributed by atoms with Crippen LogP contribution in [0.2, 0.25) is 0 Å². The molecule has 1 aliphatic rings. The van der Waals surface area contributed by atoms with Crippen LogP contribution in [0.4, 0.5) is 9.18 Å². The molecule has 1 aliphatic heterocycles. The summed E-state index contributed by atoms with van der Waals surface area (Å²) in [5.41, 5.74) is 3.79. The van der Waals surface area contributed by atoms with E-state index in [4.69, 9.17) is 4.42 Å². The summed E-state index contributed by atoms with van der Waals surface area (Å²) >= 11 is 0. The molecule has 1 atom stereocenters. The molecule has 162 valence electrons. The molecule has 1 unspecified atom stereocenters. The van der Waals surface area contributed by atoms with Crippen molar-refractivity contribution in [3.8, 4) is 0 Å². The van der Waals surface area contributed by atoms with E-state index in [1.54, 1.807) is 6.07 Å². The van der Waals surface area contributed by atoms with Gasteiger partial charge >= 0.3 is 6.03 Å². The van der Waals surface area contributed by atoms with Crippen molar-refractivity contribution < 1.29 is 18.4 Å². The van der Waals surface area contributed by atoms with Crippen molar-refractivity contribution in [3.63, 3.8) is 0 Å². The van der Waals surface area contributed by atoms with Crippen molar-refractivity contribution >= 4 is 22.9 Å². The molecular weight excluding hydrogens is 397 g/mol. The summed E-state index contributed by atoms with van der Waals surface area (Å²) < 4.78 is 19.3. The second-order valence-electron chi connectivity index (χ2n) is 7.98. The molecule has 3 aromatic rings. The Labute approximate surface area is 180 Å². The summed E-state index contributed by atoms with van der Waals surface area (Å²) in [6.45, 7) is 5.37. The van der Waals surface area contributed by atoms with E-state index in [1.807, 2.05) is 30.9 Å². The number of amides is 3. The Morgan fingerprint density at radius 3 is 2.58 bits per heavy atom. The Kier molecular flexibility index (Phi) is 5.93. The number of carbonyl (C=O) groups is 2. The van der Waals surface area contributed by atoms with E-state index < -0.39 is 0 Å². The van der Waals surface area contributed by atoms with E-state index in [0.717, 1.165) is 5.56 Å². The van der Waals surface area contributed by atoms with E-state index in [2.05, 4.69) is 22.8 Å². The smallest absolute Gasteiger partial charge is 0.315 e. The Bertz CT molecular complexity index is 1100. The fraction of sp³-hybridized carbons (Fsp3) is 0.333. The second-order valence-corrected chi connectivity index (χ2v) is 7.98. The van der Waals surface area contributed by atoms with Crippen molar-refractivity contribution in [3.05, 3.63) is 70.7 Å². The minimum absolute atomic E-state index is 0.0944. The number of furan rings is 1. The lowest BCUT2D eigenvalue weighted by Gasteiger charge is -2.16. The van der Waals surface area contributed by atoms with Gasteiger partial charge in [-0.2, -0.15) is 0 Å². The van der Waals surface area contributed by atoms with Crippen molar-refractivity contribution in [1.29, 1.82) is 0 Å². The van der Waals surface area contributed by atoms with Gasteiger partial charge in [0.1, 0.15) is 17.2 Å². The number of hydrogen-bond donors (Lipinski definition) is 2. The molecule has 0 saturated carbocycles. The average molecular weight is 423 g/mol. The zero-order valence-corrected chi connectivity index (χ0v) is 17.7. The minimum atomic E-state index is -0.375. The molecule has 2 N–H and O–H groups in total. The normalized spacial score (nSPS) is 13.8. The highest BCUT2D eigenvalue weighted by atomic mass is 19.1. The lowest BCUT2D eigenvalue weighted by molar-refractivity contribution is -0.131. The quantitative estimate of drug-likeness (QED) is 0.571. The van der Waals surface area contributed by atoms with E-state index >= 15 is 0 Å². The zero-order valence-electron chi connectivity index (χ0n) is 17.7. The molecule has 2 heterocycles. The molecule has 6 nitrogen and oxygen atoms in total. The Balaban J connectivity index is 1.22. The number of hydrogen-bond acceptors (Lipinski definition) is 3. The molecule has 0 bridgehead atoms. The lowest BCUT2D eigenvalue weighted by atomic mass is 10.1. The van der Waals surface area contributed by atoms with Gasteiger partial charge in [0.15, 0.2) is 0 Å². The maximum absolute atomic E-state index is 13.5. The van der Waals surface area contributed by atoms with Crippen LogP contribution in [0.1, 0.15) is 48.3 Å². The third-order valence-corrected chi connectivity index (χ3v) is 5.72. The first-order valence-corrected chi connectivity index (χ1v) is 10.5. The molecular formula is C24H26FN3O3. The minimum Gasteiger partial charge on any atom is -0.459 e. The molecule has 0 spiro atoms. The van der Waals surface area contributed by atoms with Gasteiger partial charge in [0.05, 0.1) is 6.04 Å². The Morgan fingerprint density at radius 2 is 1.87 bits per heavy atom. The highest BCUT2D eigenvalue weighted by molar-refractivity contribution is 5.82. The summed E-state index contributed by atoms with van der Waals surface area (Å²) in [5, 5.41) is 6.32. The highest BCUT2D eigenvalue weighted by Gasteiger charge is 2.22. The second kappa shape index (κ2) is 8.79. The largest absolute Gasteiger partial charge is 0.459 e. The number of halogens is 1. The Morgan fingerprint density at radius 1 is 1.16 bits per heavy atom. The predicted molar refractivity (Wildman–Crippen MR) is 116 cm³/mol. The van der Waals surface area contributed by atoms with Crippen LogP contribution in [-0.4, -0.2) is 23.4 Å². The number of benzene rings is 2. The van der Waals surface area contributed by atoms with Crippen molar-refractivity contribution in [2.45, 2.75) is 45.8 Å². The van der Waals surface area contributed by atoms with Gasteiger partial charge in [0.2, 0.25) is 5.91 Å². The van der Waals surface area contributed by atoms with Crippen LogP contribution in [0, 0.1) is 12.7 Å². The number of nitrogens with one attached hydrogen (secondary N) is 2. The predicted octanol–water partition coefficient (Wildman–Crippen LogP) is 4.56. The molecule has 0 fully saturated rings. The van der Waals surface area contributed by atoms with Crippen LogP contribution in [0.5, 0.6) is 0 Å². The number of fused-ring (bicyclic) bond motifs is 2. The summed E-state index contributed by atoms with van der Waals surface area (Å²) in [6.07, 6.45) is 0.953. The van der Waals surface area contributed by atoms with E-state index in [-0.39, 0.29) is 23.8 Å². The van der Waals surface area contributed by atoms with Gasteiger partial charge in [-0.3, -0.25) is 4.79 Å². The zero-order chi connectivity index (χ0) is 22.0. The van der Waals surface area contributed by atoms with Gasteiger partial charge in [-0.05, 0) is 49.6 Å². The fourth-order valence-corrected chi connectivity index (χ4v) is 4.05. The summed E-state index contributed by atoms with van der Waals surface area (Å²) in [5.74, 6) is 0.366. The van der Waals surface area contributed by atoms with Gasteiger partial charge in [0, 0.05) is 37.0 Å². The highest BCUT2D eigenvalue weighted by Crippen LogP contribution is 2.30. The first-order valence-electron chi connectivity index (χ1n) is 10.5. The first kappa shape index (κ1) is 20.9. The first-order chi connectivity index (χ1) is 14.9. The number of aryl methyl sites for hydroxylation is 1. The molecule has 3 amide bonds. The van der Waals surface area contributed by atoms with Crippen LogP contribution in [0.25, 0.3) is 11.0 Å². The topological polar surface area (TPSA) is 74.6 Å². The molecule has 0 radical (unpaired) electrons. The van der Waals surface area contributed by atoms with Crippen LogP contribution in [-0.2, 0) is 17.9 Å². The number of rotatable bonds is 6. The van der Waals surface area contributed by atoms with Gasteiger partial charge in [-0.25, -0.2) is 9.18 Å². The van der Waals surface area contributed by atoms with E-state index in [1.165, 1.54) is 23.3 Å². The summed E-state index contributed by atoms with van der Waals surface area (Å²) in [4.78, 5) is 26.5. The molecule has 0 saturated heterocycles. The van der Waals surface area contributed by atoms with E-state index in [0.29, 0.717) is 49.2 Å².